The van der Waals surface area contributed by atoms with Crippen LogP contribution in [0.25, 0.3) is 22.0 Å². The largest absolute Gasteiger partial charge is 0.493 e. The number of nitrogens with one attached hydrogen (secondary N) is 1. The van der Waals surface area contributed by atoms with Crippen molar-refractivity contribution in [2.75, 3.05) is 13.7 Å². The Labute approximate surface area is 190 Å². The number of carbonyl (C=O) groups excluding carboxylic acids is 1. The number of ether oxygens (including phenoxy) is 1. The van der Waals surface area contributed by atoms with E-state index in [9.17, 15) is 9.90 Å². The van der Waals surface area contributed by atoms with E-state index >= 15 is 0 Å². The van der Waals surface area contributed by atoms with E-state index in [1.165, 1.54) is 0 Å². The van der Waals surface area contributed by atoms with Crippen LogP contribution in [0.4, 0.5) is 0 Å². The smallest absolute Gasteiger partial charge is 0.254 e. The number of aliphatic hydroxyl groups is 1. The fraction of sp³-hybridized carbons (Fsp3) is 0.208. The van der Waals surface area contributed by atoms with Gasteiger partial charge in [-0.25, -0.2) is 0 Å². The van der Waals surface area contributed by atoms with Crippen molar-refractivity contribution in [3.8, 4) is 16.9 Å². The maximum atomic E-state index is 13.2. The summed E-state index contributed by atoms with van der Waals surface area (Å²) < 4.78 is 5.83. The molecule has 0 saturated heterocycles. The number of amides is 1. The van der Waals surface area contributed by atoms with E-state index in [1.54, 1.807) is 36.5 Å². The zero-order valence-electron chi connectivity index (χ0n) is 17.8. The lowest BCUT2D eigenvalue weighted by Gasteiger charge is -2.19. The van der Waals surface area contributed by atoms with E-state index in [-0.39, 0.29) is 12.5 Å². The first-order valence-corrected chi connectivity index (χ1v) is 10.6. The number of benzene rings is 2. The summed E-state index contributed by atoms with van der Waals surface area (Å²) in [6, 6.07) is 12.9. The number of hydrogen-bond donors (Lipinski definition) is 2. The topological polar surface area (TPSA) is 91.3 Å². The molecule has 1 amide bonds. The number of H-pyrrole nitrogens is 1. The normalized spacial score (nSPS) is 11.0. The third kappa shape index (κ3) is 4.30. The molecule has 7 nitrogen and oxygen atoms in total. The van der Waals surface area contributed by atoms with E-state index in [2.05, 4.69) is 15.2 Å². The summed E-state index contributed by atoms with van der Waals surface area (Å²) in [4.78, 5) is 19.1. The van der Waals surface area contributed by atoms with Crippen molar-refractivity contribution in [3.05, 3.63) is 76.7 Å². The number of pyridine rings is 1. The Hall–Kier alpha value is -3.42. The zero-order valence-corrected chi connectivity index (χ0v) is 18.6. The van der Waals surface area contributed by atoms with Crippen LogP contribution in [-0.4, -0.2) is 44.7 Å². The van der Waals surface area contributed by atoms with Gasteiger partial charge in [-0.05, 0) is 42.8 Å². The maximum Gasteiger partial charge on any atom is 0.254 e. The number of fused-ring (bicyclic) bond motifs is 1. The lowest BCUT2D eigenvalue weighted by atomic mass is 10.0. The van der Waals surface area contributed by atoms with Gasteiger partial charge in [0.05, 0.1) is 30.6 Å². The summed E-state index contributed by atoms with van der Waals surface area (Å²) in [5.74, 6) is 0.474. The van der Waals surface area contributed by atoms with Gasteiger partial charge >= 0.3 is 0 Å². The van der Waals surface area contributed by atoms with E-state index in [0.717, 1.165) is 27.6 Å². The standard InChI is InChI=1S/C24H23ClN4O3/c1-3-32-22-10-16(7-8-19(22)15-5-4-6-18(25)9-15)24(31)29(2)13-17-11-26-21(14-30)20-12-27-28-23(17)20/h4-12,30H,3,13-14H2,1-2H3,(H,27,28). The van der Waals surface area contributed by atoms with Gasteiger partial charge in [0.2, 0.25) is 0 Å². The third-order valence-electron chi connectivity index (χ3n) is 5.22. The van der Waals surface area contributed by atoms with Crippen LogP contribution in [0.15, 0.2) is 54.9 Å². The number of hydrogen-bond acceptors (Lipinski definition) is 5. The SMILES string of the molecule is CCOc1cc(C(=O)N(C)Cc2cnc(CO)c3cn[nH]c23)ccc1-c1cccc(Cl)c1. The highest BCUT2D eigenvalue weighted by atomic mass is 35.5. The molecule has 2 aromatic heterocycles. The minimum absolute atomic E-state index is 0.150. The Morgan fingerprint density at radius 1 is 1.22 bits per heavy atom. The molecule has 0 atom stereocenters. The Balaban J connectivity index is 1.61. The highest BCUT2D eigenvalue weighted by molar-refractivity contribution is 6.30. The summed E-state index contributed by atoms with van der Waals surface area (Å²) in [5, 5.41) is 17.8. The fourth-order valence-electron chi connectivity index (χ4n) is 3.66. The number of carbonyl (C=O) groups is 1. The molecule has 0 fully saturated rings. The van der Waals surface area contributed by atoms with Crippen molar-refractivity contribution in [1.29, 1.82) is 0 Å². The summed E-state index contributed by atoms with van der Waals surface area (Å²) >= 11 is 6.15. The van der Waals surface area contributed by atoms with E-state index < -0.39 is 0 Å². The van der Waals surface area contributed by atoms with Crippen molar-refractivity contribution in [2.45, 2.75) is 20.1 Å². The van der Waals surface area contributed by atoms with E-state index in [1.807, 2.05) is 37.3 Å². The number of rotatable bonds is 7. The molecule has 0 radical (unpaired) electrons. The summed E-state index contributed by atoms with van der Waals surface area (Å²) in [6.07, 6.45) is 3.28. The lowest BCUT2D eigenvalue weighted by Crippen LogP contribution is -2.26. The van der Waals surface area contributed by atoms with Crippen molar-refractivity contribution in [1.82, 2.24) is 20.1 Å². The molecule has 164 valence electrons. The molecule has 2 N–H and O–H groups in total. The number of aliphatic hydroxyl groups excluding tert-OH is 1. The Bertz CT molecular complexity index is 1270. The minimum Gasteiger partial charge on any atom is -0.493 e. The van der Waals surface area contributed by atoms with Crippen LogP contribution in [0.5, 0.6) is 5.75 Å². The van der Waals surface area contributed by atoms with Gasteiger partial charge in [0, 0.05) is 46.9 Å². The van der Waals surface area contributed by atoms with Crippen LogP contribution >= 0.6 is 11.6 Å². The Morgan fingerprint density at radius 3 is 2.81 bits per heavy atom. The zero-order chi connectivity index (χ0) is 22.7. The number of aromatic amines is 1. The van der Waals surface area contributed by atoms with Crippen molar-refractivity contribution >= 4 is 28.4 Å². The molecule has 0 aliphatic carbocycles. The van der Waals surface area contributed by atoms with Gasteiger partial charge in [-0.2, -0.15) is 5.10 Å². The molecule has 0 spiro atoms. The second-order valence-electron chi connectivity index (χ2n) is 7.36. The van der Waals surface area contributed by atoms with Crippen LogP contribution in [0, 0.1) is 0 Å². The predicted octanol–water partition coefficient (Wildman–Crippen LogP) is 4.44. The molecule has 0 saturated carbocycles. The minimum atomic E-state index is -0.176. The van der Waals surface area contributed by atoms with Gasteiger partial charge in [0.1, 0.15) is 5.75 Å². The van der Waals surface area contributed by atoms with Crippen LogP contribution in [0.3, 0.4) is 0 Å². The van der Waals surface area contributed by atoms with Gasteiger partial charge in [0.15, 0.2) is 0 Å². The Kier molecular flexibility index (Phi) is 6.39. The number of nitrogens with zero attached hydrogens (tertiary/aromatic N) is 3. The van der Waals surface area contributed by atoms with E-state index in [0.29, 0.717) is 35.2 Å². The highest BCUT2D eigenvalue weighted by Gasteiger charge is 2.18. The van der Waals surface area contributed by atoms with Gasteiger partial charge in [-0.3, -0.25) is 14.9 Å². The second kappa shape index (κ2) is 9.38. The van der Waals surface area contributed by atoms with Crippen molar-refractivity contribution in [2.24, 2.45) is 0 Å². The predicted molar refractivity (Wildman–Crippen MR) is 124 cm³/mol. The first-order valence-electron chi connectivity index (χ1n) is 10.2. The van der Waals surface area contributed by atoms with Crippen molar-refractivity contribution in [3.63, 3.8) is 0 Å². The quantitative estimate of drug-likeness (QED) is 0.434. The van der Waals surface area contributed by atoms with Crippen LogP contribution < -0.4 is 4.74 Å². The maximum absolute atomic E-state index is 13.2. The summed E-state index contributed by atoms with van der Waals surface area (Å²) in [5.41, 5.74) is 4.43. The number of halogens is 1. The van der Waals surface area contributed by atoms with Crippen LogP contribution in [0.1, 0.15) is 28.5 Å². The molecule has 4 aromatic rings. The van der Waals surface area contributed by atoms with Gasteiger partial charge < -0.3 is 14.7 Å². The first-order chi connectivity index (χ1) is 15.5. The average Bonchev–Trinajstić information content (AvgIpc) is 3.29. The molecule has 32 heavy (non-hydrogen) atoms. The summed E-state index contributed by atoms with van der Waals surface area (Å²) in [7, 11) is 1.73. The monoisotopic (exact) mass is 450 g/mol. The lowest BCUT2D eigenvalue weighted by molar-refractivity contribution is 0.0785. The molecule has 0 aliphatic rings. The van der Waals surface area contributed by atoms with Gasteiger partial charge in [-0.1, -0.05) is 23.7 Å². The van der Waals surface area contributed by atoms with Crippen molar-refractivity contribution < 1.29 is 14.6 Å². The Morgan fingerprint density at radius 2 is 2.06 bits per heavy atom. The fourth-order valence-corrected chi connectivity index (χ4v) is 3.85. The first kappa shape index (κ1) is 21.8. The average molecular weight is 451 g/mol. The molecule has 0 unspecified atom stereocenters. The van der Waals surface area contributed by atoms with Crippen LogP contribution in [0.2, 0.25) is 5.02 Å². The van der Waals surface area contributed by atoms with Gasteiger partial charge in [-0.15, -0.1) is 0 Å². The molecule has 4 rings (SSSR count). The molecule has 2 aromatic carbocycles. The molecule has 2 heterocycles. The molecular formula is C24H23ClN4O3. The molecular weight excluding hydrogens is 428 g/mol. The second-order valence-corrected chi connectivity index (χ2v) is 7.80. The number of aromatic nitrogens is 3. The molecule has 0 bridgehead atoms. The molecule has 8 heteroatoms. The van der Waals surface area contributed by atoms with E-state index in [4.69, 9.17) is 16.3 Å². The molecule has 0 aliphatic heterocycles. The van der Waals surface area contributed by atoms with Gasteiger partial charge in [0.25, 0.3) is 5.91 Å². The summed E-state index contributed by atoms with van der Waals surface area (Å²) in [6.45, 7) is 2.53. The van der Waals surface area contributed by atoms with Crippen LogP contribution in [-0.2, 0) is 13.2 Å². The third-order valence-corrected chi connectivity index (χ3v) is 5.45. The highest BCUT2D eigenvalue weighted by Crippen LogP contribution is 2.33.